The van der Waals surface area contributed by atoms with E-state index in [1.165, 1.54) is 0 Å². The first-order valence-corrected chi connectivity index (χ1v) is 6.31. The van der Waals surface area contributed by atoms with Crippen LogP contribution in [0.25, 0.3) is 10.4 Å². The van der Waals surface area contributed by atoms with Gasteiger partial charge in [0.15, 0.2) is 11.5 Å². The number of benzene rings is 1. The Labute approximate surface area is 114 Å². The van der Waals surface area contributed by atoms with Gasteiger partial charge in [0.1, 0.15) is 0 Å². The fourth-order valence-electron chi connectivity index (χ4n) is 1.73. The highest BCUT2D eigenvalue weighted by molar-refractivity contribution is 7.17. The molecular formula is C13H13NO4S. The van der Waals surface area contributed by atoms with Crippen molar-refractivity contribution in [2.24, 2.45) is 0 Å². The number of aromatic carboxylic acids is 1. The van der Waals surface area contributed by atoms with E-state index < -0.39 is 5.97 Å². The Bertz CT molecular complexity index is 621. The summed E-state index contributed by atoms with van der Waals surface area (Å²) in [6.45, 7) is 1.79. The summed E-state index contributed by atoms with van der Waals surface area (Å²) in [4.78, 5) is 15.8. The monoisotopic (exact) mass is 279 g/mol. The van der Waals surface area contributed by atoms with Crippen molar-refractivity contribution < 1.29 is 19.4 Å². The van der Waals surface area contributed by atoms with Gasteiger partial charge < -0.3 is 14.6 Å². The fraction of sp³-hybridized carbons (Fsp3) is 0.231. The maximum atomic E-state index is 10.9. The molecule has 0 atom stereocenters. The van der Waals surface area contributed by atoms with E-state index in [0.717, 1.165) is 21.8 Å². The highest BCUT2D eigenvalue weighted by Crippen LogP contribution is 2.36. The third kappa shape index (κ3) is 2.53. The molecular weight excluding hydrogens is 266 g/mol. The van der Waals surface area contributed by atoms with Crippen molar-refractivity contribution in [3.05, 3.63) is 28.9 Å². The van der Waals surface area contributed by atoms with Gasteiger partial charge in [-0.25, -0.2) is 9.78 Å². The molecule has 1 aromatic heterocycles. The van der Waals surface area contributed by atoms with Crippen LogP contribution in [0.4, 0.5) is 0 Å². The summed E-state index contributed by atoms with van der Waals surface area (Å²) in [5.41, 5.74) is 1.55. The molecule has 0 spiro atoms. The van der Waals surface area contributed by atoms with Crippen molar-refractivity contribution in [2.75, 3.05) is 14.2 Å². The number of hydrogen-bond donors (Lipinski definition) is 1. The Morgan fingerprint density at radius 3 is 2.47 bits per heavy atom. The number of ether oxygens (including phenoxy) is 2. The molecule has 0 aliphatic carbocycles. The van der Waals surface area contributed by atoms with Gasteiger partial charge in [-0.1, -0.05) is 0 Å². The van der Waals surface area contributed by atoms with Gasteiger partial charge in [-0.15, -0.1) is 11.3 Å². The van der Waals surface area contributed by atoms with Gasteiger partial charge in [0.2, 0.25) is 5.01 Å². The molecule has 5 nitrogen and oxygen atoms in total. The molecule has 6 heteroatoms. The van der Waals surface area contributed by atoms with Gasteiger partial charge in [-0.05, 0) is 30.7 Å². The molecule has 0 fully saturated rings. The molecule has 2 rings (SSSR count). The Morgan fingerprint density at radius 2 is 1.95 bits per heavy atom. The molecule has 1 heterocycles. The maximum Gasteiger partial charge on any atom is 0.365 e. The number of thiazole rings is 1. The Hall–Kier alpha value is -2.08. The summed E-state index contributed by atoms with van der Waals surface area (Å²) in [5.74, 6) is 0.219. The SMILES string of the molecule is COc1ccc(-c2sc(C(=O)O)nc2C)cc1OC. The summed E-state index contributed by atoms with van der Waals surface area (Å²) in [6.07, 6.45) is 0. The molecule has 0 saturated heterocycles. The molecule has 2 aromatic rings. The lowest BCUT2D eigenvalue weighted by Crippen LogP contribution is -1.93. The lowest BCUT2D eigenvalue weighted by atomic mass is 10.1. The van der Waals surface area contributed by atoms with Gasteiger partial charge in [-0.2, -0.15) is 0 Å². The number of methoxy groups -OCH3 is 2. The first-order valence-electron chi connectivity index (χ1n) is 5.50. The quantitative estimate of drug-likeness (QED) is 0.932. The fourth-order valence-corrected chi connectivity index (χ4v) is 2.63. The number of aromatic nitrogens is 1. The second-order valence-corrected chi connectivity index (χ2v) is 4.81. The predicted octanol–water partition coefficient (Wildman–Crippen LogP) is 2.83. The molecule has 1 N–H and O–H groups in total. The van der Waals surface area contributed by atoms with Crippen molar-refractivity contribution in [3.63, 3.8) is 0 Å². The zero-order valence-electron chi connectivity index (χ0n) is 10.8. The van der Waals surface area contributed by atoms with Gasteiger partial charge in [0, 0.05) is 0 Å². The van der Waals surface area contributed by atoms with E-state index >= 15 is 0 Å². The summed E-state index contributed by atoms with van der Waals surface area (Å²) in [5, 5.41) is 9.04. The van der Waals surface area contributed by atoms with E-state index in [9.17, 15) is 4.79 Å². The molecule has 1 aromatic carbocycles. The number of nitrogens with zero attached hydrogens (tertiary/aromatic N) is 1. The van der Waals surface area contributed by atoms with E-state index in [2.05, 4.69) is 4.98 Å². The van der Waals surface area contributed by atoms with Crippen molar-refractivity contribution >= 4 is 17.3 Å². The summed E-state index contributed by atoms with van der Waals surface area (Å²) < 4.78 is 10.4. The largest absolute Gasteiger partial charge is 0.493 e. The summed E-state index contributed by atoms with van der Waals surface area (Å²) in [7, 11) is 3.13. The van der Waals surface area contributed by atoms with E-state index in [-0.39, 0.29) is 5.01 Å². The molecule has 100 valence electrons. The third-order valence-corrected chi connectivity index (χ3v) is 3.82. The molecule has 19 heavy (non-hydrogen) atoms. The van der Waals surface area contributed by atoms with Crippen LogP contribution >= 0.6 is 11.3 Å². The number of aryl methyl sites for hydroxylation is 1. The number of rotatable bonds is 4. The number of carboxylic acids is 1. The van der Waals surface area contributed by atoms with Crippen LogP contribution < -0.4 is 9.47 Å². The van der Waals surface area contributed by atoms with Crippen LogP contribution in [0.15, 0.2) is 18.2 Å². The second-order valence-electron chi connectivity index (χ2n) is 3.81. The van der Waals surface area contributed by atoms with Crippen LogP contribution in [0.1, 0.15) is 15.5 Å². The zero-order chi connectivity index (χ0) is 14.0. The van der Waals surface area contributed by atoms with Crippen LogP contribution in [0.2, 0.25) is 0 Å². The minimum Gasteiger partial charge on any atom is -0.493 e. The highest BCUT2D eigenvalue weighted by Gasteiger charge is 2.16. The van der Waals surface area contributed by atoms with E-state index in [0.29, 0.717) is 17.2 Å². The number of hydrogen-bond acceptors (Lipinski definition) is 5. The zero-order valence-corrected chi connectivity index (χ0v) is 11.6. The number of carbonyl (C=O) groups is 1. The first-order chi connectivity index (χ1) is 9.06. The van der Waals surface area contributed by atoms with Gasteiger partial charge in [0.25, 0.3) is 0 Å². The Morgan fingerprint density at radius 1 is 1.26 bits per heavy atom. The minimum atomic E-state index is -1.01. The lowest BCUT2D eigenvalue weighted by molar-refractivity contribution is 0.0696. The molecule has 0 amide bonds. The lowest BCUT2D eigenvalue weighted by Gasteiger charge is -2.08. The summed E-state index contributed by atoms with van der Waals surface area (Å²) in [6, 6.07) is 5.45. The minimum absolute atomic E-state index is 0.0854. The van der Waals surface area contributed by atoms with Gasteiger partial charge in [0.05, 0.1) is 24.8 Å². The van der Waals surface area contributed by atoms with Crippen LogP contribution in [-0.4, -0.2) is 30.3 Å². The van der Waals surface area contributed by atoms with Crippen molar-refractivity contribution in [1.82, 2.24) is 4.98 Å². The molecule has 0 saturated carbocycles. The Balaban J connectivity index is 2.50. The maximum absolute atomic E-state index is 10.9. The Kier molecular flexibility index (Phi) is 3.71. The van der Waals surface area contributed by atoms with Crippen molar-refractivity contribution in [2.45, 2.75) is 6.92 Å². The molecule has 0 unspecified atom stereocenters. The van der Waals surface area contributed by atoms with E-state index in [1.807, 2.05) is 12.1 Å². The molecule has 0 aliphatic heterocycles. The van der Waals surface area contributed by atoms with Crippen LogP contribution in [0.3, 0.4) is 0 Å². The van der Waals surface area contributed by atoms with Gasteiger partial charge >= 0.3 is 5.97 Å². The molecule has 0 radical (unpaired) electrons. The van der Waals surface area contributed by atoms with Crippen molar-refractivity contribution in [3.8, 4) is 21.9 Å². The predicted molar refractivity (Wildman–Crippen MR) is 72.4 cm³/mol. The number of carboxylic acid groups (broad SMARTS) is 1. The average molecular weight is 279 g/mol. The standard InChI is InChI=1S/C13H13NO4S/c1-7-11(19-12(14-7)13(15)16)8-4-5-9(17-2)10(6-8)18-3/h4-6H,1-3H3,(H,15,16). The van der Waals surface area contributed by atoms with Crippen LogP contribution in [-0.2, 0) is 0 Å². The second kappa shape index (κ2) is 5.27. The highest BCUT2D eigenvalue weighted by atomic mass is 32.1. The van der Waals surface area contributed by atoms with Crippen LogP contribution in [0.5, 0.6) is 11.5 Å². The summed E-state index contributed by atoms with van der Waals surface area (Å²) >= 11 is 1.15. The molecule has 0 aliphatic rings. The van der Waals surface area contributed by atoms with Gasteiger partial charge in [-0.3, -0.25) is 0 Å². The average Bonchev–Trinajstić information content (AvgIpc) is 2.80. The van der Waals surface area contributed by atoms with E-state index in [4.69, 9.17) is 14.6 Å². The normalized spacial score (nSPS) is 10.3. The van der Waals surface area contributed by atoms with E-state index in [1.54, 1.807) is 27.2 Å². The first kappa shape index (κ1) is 13.4. The molecule has 0 bridgehead atoms. The topological polar surface area (TPSA) is 68.7 Å². The van der Waals surface area contributed by atoms with Crippen LogP contribution in [0, 0.1) is 6.92 Å². The third-order valence-electron chi connectivity index (χ3n) is 2.63. The van der Waals surface area contributed by atoms with Crippen molar-refractivity contribution in [1.29, 1.82) is 0 Å². The smallest absolute Gasteiger partial charge is 0.365 e.